The molecule has 1 N–H and O–H groups in total. The number of amides is 2. The number of piperazine rings is 1. The first kappa shape index (κ1) is 19.9. The topological polar surface area (TPSA) is 71.9 Å². The molecule has 2 aromatic rings. The van der Waals surface area contributed by atoms with Crippen molar-refractivity contribution in [1.29, 1.82) is 0 Å². The summed E-state index contributed by atoms with van der Waals surface area (Å²) in [5.41, 5.74) is 0.522. The molecular weight excluding hydrogens is 372 g/mol. The van der Waals surface area contributed by atoms with Crippen molar-refractivity contribution in [3.63, 3.8) is 0 Å². The zero-order valence-corrected chi connectivity index (χ0v) is 15.8. The summed E-state index contributed by atoms with van der Waals surface area (Å²) >= 11 is 0. The van der Waals surface area contributed by atoms with Crippen LogP contribution in [0.2, 0.25) is 0 Å². The molecule has 0 bridgehead atoms. The third-order valence-electron chi connectivity index (χ3n) is 4.63. The number of carbonyl (C=O) groups excluding carboxylic acids is 1. The lowest BCUT2D eigenvalue weighted by Gasteiger charge is -2.34. The fourth-order valence-corrected chi connectivity index (χ4v) is 3.06. The quantitative estimate of drug-likeness (QED) is 0.814. The zero-order valence-electron chi connectivity index (χ0n) is 15.8. The summed E-state index contributed by atoms with van der Waals surface area (Å²) in [5.74, 6) is 1.45. The number of nitrogens with one attached hydrogen (secondary N) is 1. The maximum atomic E-state index is 12.9. The van der Waals surface area contributed by atoms with Gasteiger partial charge in [-0.2, -0.15) is 8.78 Å². The number of rotatable bonds is 6. The van der Waals surface area contributed by atoms with E-state index >= 15 is 0 Å². The van der Waals surface area contributed by atoms with Crippen LogP contribution in [0.25, 0.3) is 0 Å². The van der Waals surface area contributed by atoms with Crippen molar-refractivity contribution in [2.75, 3.05) is 45.7 Å². The lowest BCUT2D eigenvalue weighted by atomic mass is 10.2. The molecule has 3 rings (SSSR count). The van der Waals surface area contributed by atoms with Crippen LogP contribution in [0.15, 0.2) is 30.6 Å². The molecule has 2 amide bonds. The van der Waals surface area contributed by atoms with Gasteiger partial charge in [-0.25, -0.2) is 9.78 Å². The Morgan fingerprint density at radius 2 is 1.96 bits per heavy atom. The largest absolute Gasteiger partial charge is 0.497 e. The molecule has 1 aromatic carbocycles. The van der Waals surface area contributed by atoms with E-state index in [1.165, 1.54) is 19.5 Å². The monoisotopic (exact) mass is 395 g/mol. The molecule has 0 aliphatic carbocycles. The van der Waals surface area contributed by atoms with Gasteiger partial charge >= 0.3 is 12.6 Å². The van der Waals surface area contributed by atoms with Crippen molar-refractivity contribution in [3.8, 4) is 11.5 Å². The van der Waals surface area contributed by atoms with E-state index in [9.17, 15) is 13.6 Å². The summed E-state index contributed by atoms with van der Waals surface area (Å²) in [6.45, 7) is -0.197. The fourth-order valence-electron chi connectivity index (χ4n) is 3.06. The highest BCUT2D eigenvalue weighted by atomic mass is 19.3. The van der Waals surface area contributed by atoms with Crippen LogP contribution >= 0.6 is 0 Å². The first-order valence-electron chi connectivity index (χ1n) is 8.82. The highest BCUT2D eigenvalue weighted by molar-refractivity contribution is 5.91. The Hall–Kier alpha value is -2.88. The molecule has 28 heavy (non-hydrogen) atoms. The number of methoxy groups -OCH3 is 2. The van der Waals surface area contributed by atoms with Crippen LogP contribution in [-0.2, 0) is 6.54 Å². The second-order valence-electron chi connectivity index (χ2n) is 6.29. The highest BCUT2D eigenvalue weighted by Gasteiger charge is 2.23. The Morgan fingerprint density at radius 3 is 2.61 bits per heavy atom. The molecule has 0 saturated carbocycles. The summed E-state index contributed by atoms with van der Waals surface area (Å²) in [6.07, 6.45) is 2.64. The molecule has 2 heterocycles. The Morgan fingerprint density at radius 1 is 1.21 bits per heavy atom. The van der Waals surface area contributed by atoms with Gasteiger partial charge in [0.1, 0.15) is 17.3 Å². The van der Waals surface area contributed by atoms with Gasteiger partial charge in [-0.1, -0.05) is 0 Å². The number of ether oxygens (including phenoxy) is 2. The lowest BCUT2D eigenvalue weighted by Crippen LogP contribution is -2.49. The van der Waals surface area contributed by atoms with Crippen LogP contribution in [0, 0.1) is 0 Å². The van der Waals surface area contributed by atoms with Crippen molar-refractivity contribution in [1.82, 2.24) is 19.4 Å². The predicted octanol–water partition coefficient (Wildman–Crippen LogP) is 2.65. The average molecular weight is 395 g/mol. The molecule has 8 nitrogen and oxygen atoms in total. The summed E-state index contributed by atoms with van der Waals surface area (Å²) in [4.78, 5) is 20.3. The van der Waals surface area contributed by atoms with Crippen LogP contribution in [0.5, 0.6) is 11.5 Å². The van der Waals surface area contributed by atoms with Crippen LogP contribution in [-0.4, -0.2) is 65.8 Å². The summed E-state index contributed by atoms with van der Waals surface area (Å²) in [6, 6.07) is 4.91. The molecule has 0 unspecified atom stereocenters. The molecule has 1 aliphatic heterocycles. The minimum absolute atomic E-state index is 0.250. The number of imidazole rings is 1. The molecule has 10 heteroatoms. The fraction of sp³-hybridized carbons (Fsp3) is 0.444. The second kappa shape index (κ2) is 8.87. The summed E-state index contributed by atoms with van der Waals surface area (Å²) in [7, 11) is 3.07. The molecule has 152 valence electrons. The molecule has 1 aromatic heterocycles. The Balaban J connectivity index is 1.56. The first-order valence-corrected chi connectivity index (χ1v) is 8.82. The molecular formula is C18H23F2N5O3. The van der Waals surface area contributed by atoms with Crippen LogP contribution in [0.3, 0.4) is 0 Å². The molecule has 1 saturated heterocycles. The van der Waals surface area contributed by atoms with Gasteiger partial charge < -0.3 is 19.7 Å². The number of alkyl halides is 2. The molecule has 1 aliphatic rings. The third-order valence-corrected chi connectivity index (χ3v) is 4.63. The molecule has 0 atom stereocenters. The van der Waals surface area contributed by atoms with Crippen molar-refractivity contribution < 1.29 is 23.0 Å². The van der Waals surface area contributed by atoms with Gasteiger partial charge in [0.05, 0.1) is 26.5 Å². The number of anilines is 1. The van der Waals surface area contributed by atoms with Gasteiger partial charge in [0.2, 0.25) is 0 Å². The SMILES string of the molecule is COc1ccc(OC)c(NC(=O)N2CCN(Cc3nccn3C(F)F)CC2)c1. The maximum absolute atomic E-state index is 12.9. The summed E-state index contributed by atoms with van der Waals surface area (Å²) < 4.78 is 37.2. The van der Waals surface area contributed by atoms with Crippen molar-refractivity contribution in [3.05, 3.63) is 36.4 Å². The van der Waals surface area contributed by atoms with Gasteiger partial charge in [0, 0.05) is 44.6 Å². The smallest absolute Gasteiger partial charge is 0.322 e. The van der Waals surface area contributed by atoms with Crippen LogP contribution in [0.1, 0.15) is 12.4 Å². The Labute approximate surface area is 161 Å². The standard InChI is InChI=1S/C18H23F2N5O3/c1-27-13-3-4-15(28-2)14(11-13)22-18(26)24-9-7-23(8-10-24)12-16-21-5-6-25(16)17(19)20/h3-6,11,17H,7-10,12H2,1-2H3,(H,22,26). The number of hydrogen-bond donors (Lipinski definition) is 1. The van der Waals surface area contributed by atoms with E-state index < -0.39 is 6.55 Å². The normalized spacial score (nSPS) is 15.0. The van der Waals surface area contributed by atoms with Gasteiger partial charge in [-0.05, 0) is 12.1 Å². The highest BCUT2D eigenvalue weighted by Crippen LogP contribution is 2.29. The zero-order chi connectivity index (χ0) is 20.1. The van der Waals surface area contributed by atoms with Crippen molar-refractivity contribution in [2.24, 2.45) is 0 Å². The van der Waals surface area contributed by atoms with E-state index in [1.807, 2.05) is 4.90 Å². The van der Waals surface area contributed by atoms with Crippen molar-refractivity contribution >= 4 is 11.7 Å². The number of halogens is 2. The number of aromatic nitrogens is 2. The molecule has 0 radical (unpaired) electrons. The van der Waals surface area contributed by atoms with E-state index in [0.717, 1.165) is 4.57 Å². The van der Waals surface area contributed by atoms with Gasteiger partial charge in [-0.3, -0.25) is 9.47 Å². The molecule has 0 spiro atoms. The van der Waals surface area contributed by atoms with Gasteiger partial charge in [0.15, 0.2) is 0 Å². The van der Waals surface area contributed by atoms with E-state index in [1.54, 1.807) is 30.2 Å². The van der Waals surface area contributed by atoms with E-state index in [0.29, 0.717) is 55.7 Å². The average Bonchev–Trinajstić information content (AvgIpc) is 3.17. The number of urea groups is 1. The van der Waals surface area contributed by atoms with Crippen LogP contribution < -0.4 is 14.8 Å². The summed E-state index contributed by atoms with van der Waals surface area (Å²) in [5, 5.41) is 2.84. The first-order chi connectivity index (χ1) is 13.5. The Kier molecular flexibility index (Phi) is 6.30. The van der Waals surface area contributed by atoms with Gasteiger partial charge in [0.25, 0.3) is 0 Å². The number of benzene rings is 1. The lowest BCUT2D eigenvalue weighted by molar-refractivity contribution is 0.0620. The van der Waals surface area contributed by atoms with E-state index in [2.05, 4.69) is 10.3 Å². The number of nitrogens with zero attached hydrogens (tertiary/aromatic N) is 4. The second-order valence-corrected chi connectivity index (χ2v) is 6.29. The minimum Gasteiger partial charge on any atom is -0.497 e. The molecule has 1 fully saturated rings. The van der Waals surface area contributed by atoms with Crippen LogP contribution in [0.4, 0.5) is 19.3 Å². The third kappa shape index (κ3) is 4.50. The number of hydrogen-bond acceptors (Lipinski definition) is 5. The Bertz CT molecular complexity index is 806. The minimum atomic E-state index is -2.61. The van der Waals surface area contributed by atoms with E-state index in [-0.39, 0.29) is 6.03 Å². The number of carbonyl (C=O) groups is 1. The van der Waals surface area contributed by atoms with Gasteiger partial charge in [-0.15, -0.1) is 0 Å². The van der Waals surface area contributed by atoms with E-state index in [4.69, 9.17) is 9.47 Å². The van der Waals surface area contributed by atoms with Crippen molar-refractivity contribution in [2.45, 2.75) is 13.1 Å². The maximum Gasteiger partial charge on any atom is 0.322 e. The predicted molar refractivity (Wildman–Crippen MR) is 98.9 cm³/mol.